The molecule has 1 aliphatic carbocycles. The normalized spacial score (nSPS) is 19.9. The number of hydrogen-bond acceptors (Lipinski definition) is 4. The van der Waals surface area contributed by atoms with Crippen LogP contribution in [0.25, 0.3) is 0 Å². The molecular formula is C17H31N3O. The third-order valence-corrected chi connectivity index (χ3v) is 4.46. The van der Waals surface area contributed by atoms with Crippen LogP contribution in [0.1, 0.15) is 82.3 Å². The predicted molar refractivity (Wildman–Crippen MR) is 85.3 cm³/mol. The molecule has 1 fully saturated rings. The molecule has 120 valence electrons. The van der Waals surface area contributed by atoms with E-state index in [0.29, 0.717) is 11.9 Å². The molecule has 0 saturated heterocycles. The maximum absolute atomic E-state index is 5.01. The average Bonchev–Trinajstić information content (AvgIpc) is 2.87. The van der Waals surface area contributed by atoms with E-state index in [-0.39, 0.29) is 0 Å². The van der Waals surface area contributed by atoms with E-state index in [1.165, 1.54) is 70.6 Å². The quantitative estimate of drug-likeness (QED) is 0.904. The summed E-state index contributed by atoms with van der Waals surface area (Å²) < 4.78 is 5.01. The molecule has 1 heterocycles. The van der Waals surface area contributed by atoms with Gasteiger partial charge in [-0.25, -0.2) is 0 Å². The minimum Gasteiger partial charge on any atom is -0.340 e. The summed E-state index contributed by atoms with van der Waals surface area (Å²) in [6.45, 7) is 2.81. The van der Waals surface area contributed by atoms with E-state index in [9.17, 15) is 0 Å². The van der Waals surface area contributed by atoms with Crippen molar-refractivity contribution in [1.82, 2.24) is 15.5 Å². The van der Waals surface area contributed by atoms with Crippen LogP contribution in [0.2, 0.25) is 0 Å². The van der Waals surface area contributed by atoms with Gasteiger partial charge in [-0.2, -0.15) is 4.98 Å². The van der Waals surface area contributed by atoms with Crippen LogP contribution in [0.4, 0.5) is 0 Å². The second-order valence-corrected chi connectivity index (χ2v) is 6.39. The van der Waals surface area contributed by atoms with E-state index in [4.69, 9.17) is 4.52 Å². The minimum absolute atomic E-state index is 0.663. The maximum Gasteiger partial charge on any atom is 0.223 e. The Morgan fingerprint density at radius 3 is 2.05 bits per heavy atom. The Balaban J connectivity index is 1.67. The van der Waals surface area contributed by atoms with Gasteiger partial charge in [0.1, 0.15) is 0 Å². The molecule has 21 heavy (non-hydrogen) atoms. The molecule has 1 aromatic rings. The lowest BCUT2D eigenvalue weighted by Crippen LogP contribution is -2.31. The molecular weight excluding hydrogens is 262 g/mol. The maximum atomic E-state index is 5.01. The van der Waals surface area contributed by atoms with Crippen molar-refractivity contribution in [3.63, 3.8) is 0 Å². The van der Waals surface area contributed by atoms with Crippen LogP contribution in [0, 0.1) is 6.92 Å². The van der Waals surface area contributed by atoms with Gasteiger partial charge in [-0.1, -0.05) is 62.9 Å². The summed E-state index contributed by atoms with van der Waals surface area (Å²) in [5.74, 6) is 1.49. The van der Waals surface area contributed by atoms with Crippen molar-refractivity contribution in [1.29, 1.82) is 0 Å². The summed E-state index contributed by atoms with van der Waals surface area (Å²) in [4.78, 5) is 4.26. The van der Waals surface area contributed by atoms with Crippen molar-refractivity contribution in [2.75, 3.05) is 6.54 Å². The summed E-state index contributed by atoms with van der Waals surface area (Å²) in [6, 6.07) is 0.678. The number of rotatable bonds is 4. The lowest BCUT2D eigenvalue weighted by Gasteiger charge is -2.19. The third-order valence-electron chi connectivity index (χ3n) is 4.46. The van der Waals surface area contributed by atoms with Crippen LogP contribution in [0.3, 0.4) is 0 Å². The highest BCUT2D eigenvalue weighted by molar-refractivity contribution is 4.85. The highest BCUT2D eigenvalue weighted by Gasteiger charge is 2.10. The van der Waals surface area contributed by atoms with Crippen molar-refractivity contribution >= 4 is 0 Å². The molecule has 0 aromatic carbocycles. The number of hydrogen-bond donors (Lipinski definition) is 1. The molecule has 0 atom stereocenters. The Bertz CT molecular complexity index is 366. The molecule has 4 nitrogen and oxygen atoms in total. The Labute approximate surface area is 129 Å². The molecule has 2 rings (SSSR count). The molecule has 0 unspecified atom stereocenters. The van der Waals surface area contributed by atoms with Gasteiger partial charge in [0, 0.05) is 25.9 Å². The van der Waals surface area contributed by atoms with Crippen LogP contribution in [0.5, 0.6) is 0 Å². The Morgan fingerprint density at radius 2 is 1.52 bits per heavy atom. The summed E-state index contributed by atoms with van der Waals surface area (Å²) in [5, 5.41) is 7.67. The van der Waals surface area contributed by atoms with E-state index in [1.807, 2.05) is 6.92 Å². The van der Waals surface area contributed by atoms with Gasteiger partial charge in [-0.3, -0.25) is 0 Å². The average molecular weight is 293 g/mol. The molecule has 1 aromatic heterocycles. The summed E-state index contributed by atoms with van der Waals surface area (Å²) in [5.41, 5.74) is 0. The van der Waals surface area contributed by atoms with Crippen molar-refractivity contribution in [3.8, 4) is 0 Å². The first-order valence-electron chi connectivity index (χ1n) is 8.87. The number of nitrogens with one attached hydrogen (secondary N) is 1. The first-order chi connectivity index (χ1) is 10.3. The fourth-order valence-corrected chi connectivity index (χ4v) is 3.20. The molecule has 0 radical (unpaired) electrons. The van der Waals surface area contributed by atoms with E-state index in [1.54, 1.807) is 0 Å². The lowest BCUT2D eigenvalue weighted by atomic mass is 9.98. The van der Waals surface area contributed by atoms with Gasteiger partial charge in [0.05, 0.1) is 0 Å². The topological polar surface area (TPSA) is 51.0 Å². The first kappa shape index (κ1) is 16.5. The number of nitrogens with zero attached hydrogens (tertiary/aromatic N) is 2. The molecule has 4 heteroatoms. The molecule has 1 aliphatic rings. The van der Waals surface area contributed by atoms with Gasteiger partial charge in [0.2, 0.25) is 5.89 Å². The standard InChI is InChI=1S/C17H31N3O/c1-15-19-17(20-21-15)13-14-18-16-11-9-7-5-3-2-4-6-8-10-12-16/h16,18H,2-14H2,1H3. The van der Waals surface area contributed by atoms with Gasteiger partial charge in [-0.15, -0.1) is 0 Å². The van der Waals surface area contributed by atoms with E-state index >= 15 is 0 Å². The SMILES string of the molecule is Cc1nc(CCNC2CCCCCCCCCCC2)no1. The summed E-state index contributed by atoms with van der Waals surface area (Å²) >= 11 is 0. The fraction of sp³-hybridized carbons (Fsp3) is 0.882. The van der Waals surface area contributed by atoms with Crippen molar-refractivity contribution in [2.45, 2.75) is 90.0 Å². The van der Waals surface area contributed by atoms with Gasteiger partial charge in [0.15, 0.2) is 5.82 Å². The fourth-order valence-electron chi connectivity index (χ4n) is 3.20. The zero-order valence-electron chi connectivity index (χ0n) is 13.6. The lowest BCUT2D eigenvalue weighted by molar-refractivity contribution is 0.382. The van der Waals surface area contributed by atoms with Crippen molar-refractivity contribution < 1.29 is 4.52 Å². The van der Waals surface area contributed by atoms with Crippen LogP contribution < -0.4 is 5.32 Å². The van der Waals surface area contributed by atoms with Gasteiger partial charge in [0.25, 0.3) is 0 Å². The molecule has 1 N–H and O–H groups in total. The van der Waals surface area contributed by atoms with Gasteiger partial charge >= 0.3 is 0 Å². The Hall–Kier alpha value is -0.900. The molecule has 0 aliphatic heterocycles. The monoisotopic (exact) mass is 293 g/mol. The third kappa shape index (κ3) is 7.07. The second kappa shape index (κ2) is 9.93. The van der Waals surface area contributed by atoms with E-state index < -0.39 is 0 Å². The van der Waals surface area contributed by atoms with Gasteiger partial charge < -0.3 is 9.84 Å². The summed E-state index contributed by atoms with van der Waals surface area (Å²) in [7, 11) is 0. The van der Waals surface area contributed by atoms with Crippen molar-refractivity contribution in [3.05, 3.63) is 11.7 Å². The molecule has 1 saturated carbocycles. The van der Waals surface area contributed by atoms with E-state index in [2.05, 4.69) is 15.5 Å². The van der Waals surface area contributed by atoms with Crippen molar-refractivity contribution in [2.24, 2.45) is 0 Å². The Kier molecular flexibility index (Phi) is 7.79. The van der Waals surface area contributed by atoms with Crippen LogP contribution in [-0.4, -0.2) is 22.7 Å². The number of aromatic nitrogens is 2. The predicted octanol–water partition coefficient (Wildman–Crippen LogP) is 4.18. The number of aryl methyl sites for hydroxylation is 1. The molecule has 0 bridgehead atoms. The first-order valence-corrected chi connectivity index (χ1v) is 8.87. The summed E-state index contributed by atoms with van der Waals surface area (Å²) in [6.07, 6.45) is 16.3. The zero-order chi connectivity index (χ0) is 14.8. The zero-order valence-corrected chi connectivity index (χ0v) is 13.6. The second-order valence-electron chi connectivity index (χ2n) is 6.39. The van der Waals surface area contributed by atoms with Crippen LogP contribution >= 0.6 is 0 Å². The highest BCUT2D eigenvalue weighted by Crippen LogP contribution is 2.16. The minimum atomic E-state index is 0.663. The smallest absolute Gasteiger partial charge is 0.223 e. The molecule has 0 spiro atoms. The van der Waals surface area contributed by atoms with Crippen LogP contribution in [0.15, 0.2) is 4.52 Å². The van der Waals surface area contributed by atoms with Gasteiger partial charge in [-0.05, 0) is 12.8 Å². The highest BCUT2D eigenvalue weighted by atomic mass is 16.5. The largest absolute Gasteiger partial charge is 0.340 e. The van der Waals surface area contributed by atoms with Crippen LogP contribution in [-0.2, 0) is 6.42 Å². The van der Waals surface area contributed by atoms with E-state index in [0.717, 1.165) is 18.8 Å². The molecule has 0 amide bonds. The Morgan fingerprint density at radius 1 is 0.952 bits per heavy atom.